The van der Waals surface area contributed by atoms with E-state index in [0.29, 0.717) is 5.82 Å². The lowest BCUT2D eigenvalue weighted by Gasteiger charge is -2.10. The van der Waals surface area contributed by atoms with E-state index in [1.54, 1.807) is 25.1 Å². The molecular formula is C12H8Cl3FN2. The summed E-state index contributed by atoms with van der Waals surface area (Å²) in [5.74, 6) is -0.122. The Morgan fingerprint density at radius 1 is 1.11 bits per heavy atom. The highest BCUT2D eigenvalue weighted by atomic mass is 35.5. The van der Waals surface area contributed by atoms with E-state index in [-0.39, 0.29) is 21.4 Å². The number of halogens is 4. The first kappa shape index (κ1) is 13.5. The summed E-state index contributed by atoms with van der Waals surface area (Å²) < 4.78 is 13.7. The predicted molar refractivity (Wildman–Crippen MR) is 71.7 cm³/mol. The molecule has 2 rings (SSSR count). The standard InChI is InChI=1S/C12H8Cl3FN2/c1-6(13)12-17-10(14)9(11(15)18-12)7-4-2-3-5-8(7)16/h2-6H,1H3. The third-order valence-electron chi connectivity index (χ3n) is 2.34. The Hall–Kier alpha value is -0.900. The van der Waals surface area contributed by atoms with Gasteiger partial charge in [0.1, 0.15) is 21.9 Å². The van der Waals surface area contributed by atoms with Crippen LogP contribution in [0.25, 0.3) is 11.1 Å². The van der Waals surface area contributed by atoms with E-state index in [1.165, 1.54) is 6.07 Å². The fraction of sp³-hybridized carbons (Fsp3) is 0.167. The van der Waals surface area contributed by atoms with E-state index < -0.39 is 11.2 Å². The largest absolute Gasteiger partial charge is 0.219 e. The van der Waals surface area contributed by atoms with Gasteiger partial charge in [-0.1, -0.05) is 41.4 Å². The molecule has 2 nitrogen and oxygen atoms in total. The Morgan fingerprint density at radius 3 is 2.17 bits per heavy atom. The summed E-state index contributed by atoms with van der Waals surface area (Å²) in [5.41, 5.74) is 0.541. The molecule has 0 fully saturated rings. The van der Waals surface area contributed by atoms with Crippen LogP contribution >= 0.6 is 34.8 Å². The van der Waals surface area contributed by atoms with E-state index in [4.69, 9.17) is 34.8 Å². The second kappa shape index (κ2) is 5.39. The van der Waals surface area contributed by atoms with Gasteiger partial charge in [0.15, 0.2) is 0 Å². The number of alkyl halides is 1. The highest BCUT2D eigenvalue weighted by Crippen LogP contribution is 2.35. The summed E-state index contributed by atoms with van der Waals surface area (Å²) in [7, 11) is 0. The predicted octanol–water partition coefficient (Wildman–Crippen LogP) is 4.89. The molecule has 1 heterocycles. The Morgan fingerprint density at radius 2 is 1.67 bits per heavy atom. The molecular weight excluding hydrogens is 298 g/mol. The van der Waals surface area contributed by atoms with Crippen molar-refractivity contribution in [3.8, 4) is 11.1 Å². The molecule has 0 aliphatic rings. The first-order valence-corrected chi connectivity index (χ1v) is 6.32. The van der Waals surface area contributed by atoms with Gasteiger partial charge in [0.05, 0.1) is 10.9 Å². The Labute approximate surface area is 119 Å². The smallest absolute Gasteiger partial charge is 0.149 e. The van der Waals surface area contributed by atoms with Gasteiger partial charge >= 0.3 is 0 Å². The molecule has 0 radical (unpaired) electrons. The fourth-order valence-electron chi connectivity index (χ4n) is 1.49. The van der Waals surface area contributed by atoms with Crippen LogP contribution in [0.5, 0.6) is 0 Å². The number of nitrogens with zero attached hydrogens (tertiary/aromatic N) is 2. The van der Waals surface area contributed by atoms with Gasteiger partial charge < -0.3 is 0 Å². The maximum absolute atomic E-state index is 13.7. The van der Waals surface area contributed by atoms with E-state index in [1.807, 2.05) is 0 Å². The zero-order valence-electron chi connectivity index (χ0n) is 9.29. The van der Waals surface area contributed by atoms with Gasteiger partial charge in [-0.2, -0.15) is 0 Å². The van der Waals surface area contributed by atoms with Crippen molar-refractivity contribution in [3.05, 3.63) is 46.2 Å². The zero-order valence-corrected chi connectivity index (χ0v) is 11.6. The molecule has 6 heteroatoms. The van der Waals surface area contributed by atoms with Crippen molar-refractivity contribution in [2.45, 2.75) is 12.3 Å². The van der Waals surface area contributed by atoms with Crippen LogP contribution < -0.4 is 0 Å². The van der Waals surface area contributed by atoms with E-state index in [2.05, 4.69) is 9.97 Å². The molecule has 0 bridgehead atoms. The molecule has 0 spiro atoms. The zero-order chi connectivity index (χ0) is 13.3. The third kappa shape index (κ3) is 2.58. The topological polar surface area (TPSA) is 25.8 Å². The molecule has 0 aliphatic carbocycles. The maximum atomic E-state index is 13.7. The number of rotatable bonds is 2. The SMILES string of the molecule is CC(Cl)c1nc(Cl)c(-c2ccccc2F)c(Cl)n1. The Bertz CT molecular complexity index is 564. The van der Waals surface area contributed by atoms with Gasteiger partial charge in [-0.05, 0) is 13.0 Å². The molecule has 2 aromatic rings. The molecule has 1 unspecified atom stereocenters. The minimum Gasteiger partial charge on any atom is -0.219 e. The molecule has 0 aliphatic heterocycles. The average molecular weight is 306 g/mol. The summed E-state index contributed by atoms with van der Waals surface area (Å²) in [5, 5.41) is -0.250. The molecule has 94 valence electrons. The van der Waals surface area contributed by atoms with E-state index in [9.17, 15) is 4.39 Å². The summed E-state index contributed by atoms with van der Waals surface area (Å²) in [6, 6.07) is 6.15. The molecule has 0 amide bonds. The van der Waals surface area contributed by atoms with Crippen LogP contribution in [0.3, 0.4) is 0 Å². The van der Waals surface area contributed by atoms with Crippen LogP contribution in [0.2, 0.25) is 10.3 Å². The van der Waals surface area contributed by atoms with Gasteiger partial charge in [-0.25, -0.2) is 14.4 Å². The van der Waals surface area contributed by atoms with Crippen molar-refractivity contribution >= 4 is 34.8 Å². The van der Waals surface area contributed by atoms with Crippen LogP contribution in [-0.4, -0.2) is 9.97 Å². The monoisotopic (exact) mass is 304 g/mol. The quantitative estimate of drug-likeness (QED) is 0.583. The van der Waals surface area contributed by atoms with Gasteiger partial charge in [0.25, 0.3) is 0 Å². The lowest BCUT2D eigenvalue weighted by Crippen LogP contribution is -1.99. The second-order valence-corrected chi connectivity index (χ2v) is 5.00. The summed E-state index contributed by atoms with van der Waals surface area (Å²) in [4.78, 5) is 8.04. The number of aromatic nitrogens is 2. The molecule has 0 saturated carbocycles. The lowest BCUT2D eigenvalue weighted by atomic mass is 10.1. The van der Waals surface area contributed by atoms with Crippen molar-refractivity contribution in [2.75, 3.05) is 0 Å². The first-order valence-electron chi connectivity index (χ1n) is 5.12. The number of hydrogen-bond acceptors (Lipinski definition) is 2. The van der Waals surface area contributed by atoms with Crippen molar-refractivity contribution in [1.82, 2.24) is 9.97 Å². The minimum absolute atomic E-state index is 0.0857. The molecule has 0 saturated heterocycles. The highest BCUT2D eigenvalue weighted by molar-refractivity contribution is 6.37. The first-order chi connectivity index (χ1) is 8.50. The minimum atomic E-state index is -0.434. The summed E-state index contributed by atoms with van der Waals surface area (Å²) in [6.07, 6.45) is 0. The van der Waals surface area contributed by atoms with Gasteiger partial charge in [-0.15, -0.1) is 11.6 Å². The van der Waals surface area contributed by atoms with Crippen LogP contribution in [0.15, 0.2) is 24.3 Å². The molecule has 1 aromatic heterocycles. The summed E-state index contributed by atoms with van der Waals surface area (Å²) >= 11 is 17.9. The number of hydrogen-bond donors (Lipinski definition) is 0. The van der Waals surface area contributed by atoms with Crippen molar-refractivity contribution in [3.63, 3.8) is 0 Å². The molecule has 1 aromatic carbocycles. The molecule has 0 N–H and O–H groups in total. The normalized spacial score (nSPS) is 12.5. The molecule has 1 atom stereocenters. The lowest BCUT2D eigenvalue weighted by molar-refractivity contribution is 0.631. The van der Waals surface area contributed by atoms with Crippen LogP contribution in [-0.2, 0) is 0 Å². The maximum Gasteiger partial charge on any atom is 0.149 e. The Kier molecular flexibility index (Phi) is 4.05. The number of benzene rings is 1. The van der Waals surface area contributed by atoms with Gasteiger partial charge in [0, 0.05) is 5.56 Å². The fourth-order valence-corrected chi connectivity index (χ4v) is 2.19. The van der Waals surface area contributed by atoms with Crippen LogP contribution in [0.4, 0.5) is 4.39 Å². The van der Waals surface area contributed by atoms with Crippen molar-refractivity contribution in [1.29, 1.82) is 0 Å². The van der Waals surface area contributed by atoms with Gasteiger partial charge in [0.2, 0.25) is 0 Å². The average Bonchev–Trinajstić information content (AvgIpc) is 2.30. The van der Waals surface area contributed by atoms with Crippen molar-refractivity contribution < 1.29 is 4.39 Å². The van der Waals surface area contributed by atoms with Crippen LogP contribution in [0, 0.1) is 5.82 Å². The third-order valence-corrected chi connectivity index (χ3v) is 3.08. The Balaban J connectivity index is 2.63. The van der Waals surface area contributed by atoms with Crippen LogP contribution in [0.1, 0.15) is 18.1 Å². The molecule has 18 heavy (non-hydrogen) atoms. The second-order valence-electron chi connectivity index (χ2n) is 3.63. The van der Waals surface area contributed by atoms with E-state index >= 15 is 0 Å². The summed E-state index contributed by atoms with van der Waals surface area (Å²) in [6.45, 7) is 1.70. The van der Waals surface area contributed by atoms with E-state index in [0.717, 1.165) is 0 Å². The van der Waals surface area contributed by atoms with Gasteiger partial charge in [-0.3, -0.25) is 0 Å². The highest BCUT2D eigenvalue weighted by Gasteiger charge is 2.18. The van der Waals surface area contributed by atoms with Crippen molar-refractivity contribution in [2.24, 2.45) is 0 Å².